The third-order valence-corrected chi connectivity index (χ3v) is 5.87. The molecule has 4 nitrogen and oxygen atoms in total. The molecule has 0 saturated heterocycles. The van der Waals surface area contributed by atoms with Crippen LogP contribution in [0.4, 0.5) is 32.4 Å². The lowest BCUT2D eigenvalue weighted by atomic mass is 10.0. The molecule has 1 N–H and O–H groups in total. The Bertz CT molecular complexity index is 1390. The molecule has 0 fully saturated rings. The number of anilines is 1. The first-order chi connectivity index (χ1) is 16.7. The molecule has 3 aromatic carbocycles. The van der Waals surface area contributed by atoms with E-state index in [4.69, 9.17) is 0 Å². The number of para-hydroxylation sites is 1. The number of nitrogens with zero attached hydrogens (tertiary/aromatic N) is 2. The van der Waals surface area contributed by atoms with Gasteiger partial charge in [-0.15, -0.1) is 0 Å². The Labute approximate surface area is 197 Å². The van der Waals surface area contributed by atoms with Gasteiger partial charge in [-0.25, -0.2) is 13.6 Å². The Morgan fingerprint density at radius 1 is 0.886 bits per heavy atom. The zero-order valence-electron chi connectivity index (χ0n) is 18.1. The van der Waals surface area contributed by atoms with Gasteiger partial charge in [-0.2, -0.15) is 13.2 Å². The minimum absolute atomic E-state index is 0.0471. The van der Waals surface area contributed by atoms with Crippen LogP contribution >= 0.6 is 0 Å². The number of fused-ring (bicyclic) bond motifs is 3. The summed E-state index contributed by atoms with van der Waals surface area (Å²) in [7, 11) is 0. The van der Waals surface area contributed by atoms with Crippen LogP contribution in [0.1, 0.15) is 28.4 Å². The Balaban J connectivity index is 1.62. The van der Waals surface area contributed by atoms with E-state index >= 15 is 0 Å². The second kappa shape index (κ2) is 8.57. The van der Waals surface area contributed by atoms with Gasteiger partial charge in [0, 0.05) is 23.6 Å². The van der Waals surface area contributed by atoms with Crippen molar-refractivity contribution in [1.82, 2.24) is 9.47 Å². The Hall–Kier alpha value is -4.14. The second-order valence-electron chi connectivity index (χ2n) is 8.17. The van der Waals surface area contributed by atoms with Gasteiger partial charge in [-0.05, 0) is 59.7 Å². The highest BCUT2D eigenvalue weighted by Crippen LogP contribution is 2.38. The molecule has 5 rings (SSSR count). The van der Waals surface area contributed by atoms with E-state index in [1.165, 1.54) is 17.0 Å². The van der Waals surface area contributed by atoms with Crippen LogP contribution in [0.15, 0.2) is 85.1 Å². The van der Waals surface area contributed by atoms with Crippen LogP contribution in [0.5, 0.6) is 0 Å². The fourth-order valence-corrected chi connectivity index (χ4v) is 4.39. The molecule has 0 aliphatic carbocycles. The lowest BCUT2D eigenvalue weighted by Crippen LogP contribution is -2.38. The topological polar surface area (TPSA) is 37.3 Å². The molecule has 0 unspecified atom stereocenters. The van der Waals surface area contributed by atoms with Crippen LogP contribution < -0.4 is 5.32 Å². The fourth-order valence-electron chi connectivity index (χ4n) is 4.39. The van der Waals surface area contributed by atoms with Gasteiger partial charge in [0.05, 0.1) is 23.8 Å². The summed E-state index contributed by atoms with van der Waals surface area (Å²) in [5.41, 5.74) is 1.33. The summed E-state index contributed by atoms with van der Waals surface area (Å²) in [6, 6.07) is 16.5. The van der Waals surface area contributed by atoms with Crippen molar-refractivity contribution < 1.29 is 26.7 Å². The van der Waals surface area contributed by atoms with Gasteiger partial charge in [0.25, 0.3) is 0 Å². The Morgan fingerprint density at radius 3 is 2.37 bits per heavy atom. The smallest absolute Gasteiger partial charge is 0.318 e. The first-order valence-electron chi connectivity index (χ1n) is 10.7. The van der Waals surface area contributed by atoms with Crippen LogP contribution in [0.3, 0.4) is 0 Å². The highest BCUT2D eigenvalue weighted by atomic mass is 19.4. The molecule has 0 bridgehead atoms. The number of carbonyl (C=O) groups is 1. The number of benzene rings is 3. The minimum atomic E-state index is -4.58. The van der Waals surface area contributed by atoms with Crippen LogP contribution in [0, 0.1) is 11.6 Å². The van der Waals surface area contributed by atoms with Crippen LogP contribution in [-0.2, 0) is 12.7 Å². The van der Waals surface area contributed by atoms with Crippen LogP contribution in [0.2, 0.25) is 0 Å². The highest BCUT2D eigenvalue weighted by molar-refractivity contribution is 5.90. The first-order valence-corrected chi connectivity index (χ1v) is 10.7. The van der Waals surface area contributed by atoms with E-state index in [2.05, 4.69) is 5.32 Å². The molecule has 4 aromatic rings. The number of amides is 2. The molecular formula is C26H18F5N3O. The Kier molecular flexibility index (Phi) is 5.55. The molecule has 1 aliphatic heterocycles. The lowest BCUT2D eigenvalue weighted by Gasteiger charge is -2.31. The molecule has 1 aliphatic rings. The van der Waals surface area contributed by atoms with E-state index in [0.29, 0.717) is 5.69 Å². The summed E-state index contributed by atoms with van der Waals surface area (Å²) in [5, 5.41) is 2.52. The monoisotopic (exact) mass is 483 g/mol. The molecule has 35 heavy (non-hydrogen) atoms. The third kappa shape index (κ3) is 4.37. The van der Waals surface area contributed by atoms with Gasteiger partial charge in [0.15, 0.2) is 0 Å². The number of carbonyl (C=O) groups excluding carboxylic acids is 1. The standard InChI is InChI=1S/C26H18F5N3O/c27-19-11-17(12-20(28)14-19)24-23-9-4-10-33(23)22-8-2-1-5-16(22)15-34(24)25(35)32-21-7-3-6-18(13-21)26(29,30)31/h1-14,24H,15H2,(H,32,35)/t24-/m0/s1. The van der Waals surface area contributed by atoms with Gasteiger partial charge in [0.2, 0.25) is 0 Å². The molecular weight excluding hydrogens is 465 g/mol. The zero-order chi connectivity index (χ0) is 24.7. The molecule has 1 atom stereocenters. The number of halogens is 5. The average Bonchev–Trinajstić information content (AvgIpc) is 3.22. The number of nitrogens with one attached hydrogen (secondary N) is 1. The predicted molar refractivity (Wildman–Crippen MR) is 120 cm³/mol. The maximum atomic E-state index is 14.2. The van der Waals surface area contributed by atoms with Gasteiger partial charge >= 0.3 is 12.2 Å². The van der Waals surface area contributed by atoms with Crippen molar-refractivity contribution in [2.45, 2.75) is 18.8 Å². The van der Waals surface area contributed by atoms with Gasteiger partial charge in [-0.3, -0.25) is 0 Å². The van der Waals surface area contributed by atoms with Crippen molar-refractivity contribution in [1.29, 1.82) is 0 Å². The van der Waals surface area contributed by atoms with Crippen molar-refractivity contribution in [2.75, 3.05) is 5.32 Å². The maximum Gasteiger partial charge on any atom is 0.416 e. The quantitative estimate of drug-likeness (QED) is 0.309. The normalized spacial score (nSPS) is 15.2. The minimum Gasteiger partial charge on any atom is -0.318 e. The van der Waals surface area contributed by atoms with Crippen molar-refractivity contribution in [3.63, 3.8) is 0 Å². The number of hydrogen-bond donors (Lipinski definition) is 1. The van der Waals surface area contributed by atoms with Crippen LogP contribution in [0.25, 0.3) is 5.69 Å². The molecule has 1 aromatic heterocycles. The van der Waals surface area contributed by atoms with E-state index in [1.54, 1.807) is 24.4 Å². The van der Waals surface area contributed by atoms with Crippen LogP contribution in [-0.4, -0.2) is 15.5 Å². The second-order valence-corrected chi connectivity index (χ2v) is 8.17. The number of urea groups is 1. The van der Waals surface area contributed by atoms with E-state index in [1.807, 2.05) is 22.8 Å². The molecule has 0 radical (unpaired) electrons. The number of hydrogen-bond acceptors (Lipinski definition) is 1. The summed E-state index contributed by atoms with van der Waals surface area (Å²) in [5.74, 6) is -1.61. The predicted octanol–water partition coefficient (Wildman–Crippen LogP) is 6.91. The summed E-state index contributed by atoms with van der Waals surface area (Å²) in [4.78, 5) is 14.9. The largest absolute Gasteiger partial charge is 0.416 e. The number of rotatable bonds is 2. The fraction of sp³-hybridized carbons (Fsp3) is 0.115. The summed E-state index contributed by atoms with van der Waals surface area (Å²) in [6.45, 7) is 0.0471. The van der Waals surface area contributed by atoms with Crippen molar-refractivity contribution in [3.05, 3.63) is 119 Å². The lowest BCUT2D eigenvalue weighted by molar-refractivity contribution is -0.137. The summed E-state index contributed by atoms with van der Waals surface area (Å²) in [6.07, 6.45) is -2.80. The molecule has 9 heteroatoms. The average molecular weight is 483 g/mol. The van der Waals surface area contributed by atoms with E-state index in [9.17, 15) is 26.7 Å². The molecule has 2 heterocycles. The van der Waals surface area contributed by atoms with E-state index < -0.39 is 35.4 Å². The van der Waals surface area contributed by atoms with Gasteiger partial charge in [0.1, 0.15) is 11.6 Å². The Morgan fingerprint density at radius 2 is 1.63 bits per heavy atom. The van der Waals surface area contributed by atoms with Crippen molar-refractivity contribution in [3.8, 4) is 5.69 Å². The van der Waals surface area contributed by atoms with E-state index in [0.717, 1.165) is 41.6 Å². The van der Waals surface area contributed by atoms with E-state index in [-0.39, 0.29) is 17.8 Å². The number of alkyl halides is 3. The summed E-state index contributed by atoms with van der Waals surface area (Å²) >= 11 is 0. The van der Waals surface area contributed by atoms with Gasteiger partial charge < -0.3 is 14.8 Å². The zero-order valence-corrected chi connectivity index (χ0v) is 18.1. The SMILES string of the molecule is O=C(Nc1cccc(C(F)(F)F)c1)N1Cc2ccccc2-n2cccc2[C@@H]1c1cc(F)cc(F)c1. The molecule has 2 amide bonds. The van der Waals surface area contributed by atoms with Gasteiger partial charge in [-0.1, -0.05) is 24.3 Å². The number of aromatic nitrogens is 1. The third-order valence-electron chi connectivity index (χ3n) is 5.87. The molecule has 0 saturated carbocycles. The van der Waals surface area contributed by atoms with Crippen molar-refractivity contribution >= 4 is 11.7 Å². The first kappa shape index (κ1) is 22.6. The molecule has 0 spiro atoms. The maximum absolute atomic E-state index is 14.2. The summed E-state index contributed by atoms with van der Waals surface area (Å²) < 4.78 is 69.8. The molecule has 178 valence electrons. The van der Waals surface area contributed by atoms with Crippen molar-refractivity contribution in [2.24, 2.45) is 0 Å². The highest BCUT2D eigenvalue weighted by Gasteiger charge is 2.34.